The lowest BCUT2D eigenvalue weighted by atomic mass is 10.0. The number of non-ortho nitro benzene ring substituents is 1. The number of hydrogen-bond acceptors (Lipinski definition) is 6. The number of phenols is 1. The lowest BCUT2D eigenvalue weighted by Gasteiger charge is -2.19. The van der Waals surface area contributed by atoms with Crippen LogP contribution in [0.15, 0.2) is 42.5 Å². The Labute approximate surface area is 136 Å². The molecule has 1 aliphatic rings. The first-order valence-electron chi connectivity index (χ1n) is 7.08. The summed E-state index contributed by atoms with van der Waals surface area (Å²) >= 11 is 0. The Morgan fingerprint density at radius 3 is 2.88 bits per heavy atom. The third-order valence-electron chi connectivity index (χ3n) is 3.48. The molecular formula is C17H13NO6. The summed E-state index contributed by atoms with van der Waals surface area (Å²) in [6.07, 6.45) is 2.75. The molecule has 1 N–H and O–H groups in total. The smallest absolute Gasteiger partial charge is 0.270 e. The molecule has 7 nitrogen and oxygen atoms in total. The van der Waals surface area contributed by atoms with Gasteiger partial charge in [0.05, 0.1) is 11.5 Å². The van der Waals surface area contributed by atoms with Gasteiger partial charge in [-0.15, -0.1) is 0 Å². The van der Waals surface area contributed by atoms with Crippen molar-refractivity contribution >= 4 is 17.5 Å². The molecule has 2 aromatic rings. The van der Waals surface area contributed by atoms with Gasteiger partial charge in [-0.25, -0.2) is 0 Å². The number of carbonyl (C=O) groups is 1. The molecule has 0 aliphatic carbocycles. The number of nitro groups is 1. The van der Waals surface area contributed by atoms with Crippen LogP contribution in [0.1, 0.15) is 21.5 Å². The van der Waals surface area contributed by atoms with Crippen LogP contribution in [-0.4, -0.2) is 22.6 Å². The highest BCUT2D eigenvalue weighted by molar-refractivity contribution is 6.07. The molecule has 7 heteroatoms. The fraction of sp³-hybridized carbons (Fsp3) is 0.118. The van der Waals surface area contributed by atoms with Gasteiger partial charge in [-0.05, 0) is 24.3 Å². The fourth-order valence-corrected chi connectivity index (χ4v) is 2.38. The lowest BCUT2D eigenvalue weighted by Crippen LogP contribution is -2.12. The lowest BCUT2D eigenvalue weighted by molar-refractivity contribution is -0.385. The Kier molecular flexibility index (Phi) is 4.26. The van der Waals surface area contributed by atoms with Gasteiger partial charge in [-0.2, -0.15) is 0 Å². The molecule has 24 heavy (non-hydrogen) atoms. The maximum absolute atomic E-state index is 12.2. The Hall–Kier alpha value is -3.19. The van der Waals surface area contributed by atoms with Gasteiger partial charge in [0.25, 0.3) is 5.69 Å². The van der Waals surface area contributed by atoms with Crippen LogP contribution in [0.5, 0.6) is 11.5 Å². The fourth-order valence-electron chi connectivity index (χ4n) is 2.38. The van der Waals surface area contributed by atoms with Crippen molar-refractivity contribution in [2.45, 2.75) is 6.61 Å². The van der Waals surface area contributed by atoms with Gasteiger partial charge >= 0.3 is 0 Å². The number of ketones is 1. The first kappa shape index (κ1) is 15.7. The van der Waals surface area contributed by atoms with E-state index in [0.717, 1.165) is 0 Å². The minimum Gasteiger partial charge on any atom is -0.508 e. The van der Waals surface area contributed by atoms with Crippen molar-refractivity contribution in [1.29, 1.82) is 0 Å². The highest BCUT2D eigenvalue weighted by atomic mass is 16.7. The number of ether oxygens (including phenoxy) is 2. The number of hydrogen-bond donors (Lipinski definition) is 1. The molecule has 0 radical (unpaired) electrons. The summed E-state index contributed by atoms with van der Waals surface area (Å²) in [5.41, 5.74) is 1.19. The number of nitro benzene ring substituents is 1. The molecule has 0 amide bonds. The van der Waals surface area contributed by atoms with Crippen molar-refractivity contribution < 1.29 is 24.3 Å². The Bertz CT molecular complexity index is 843. The van der Waals surface area contributed by atoms with E-state index in [9.17, 15) is 20.0 Å². The Morgan fingerprint density at radius 1 is 1.29 bits per heavy atom. The maximum Gasteiger partial charge on any atom is 0.270 e. The summed E-state index contributed by atoms with van der Waals surface area (Å²) in [5.74, 6) is 0.118. The highest BCUT2D eigenvalue weighted by Crippen LogP contribution is 2.33. The standard InChI is InChI=1S/C17H13NO6/c19-15-3-1-2-11(8-15)16(20)5-4-12-6-14(18(21)22)7-13-9-23-10-24-17(12)13/h1-8,19H,9-10H2. The molecule has 1 aliphatic heterocycles. The molecule has 0 bridgehead atoms. The SMILES string of the molecule is O=C(C=Cc1cc([N+](=O)[O-])cc2c1OCOC2)c1cccc(O)c1. The normalized spacial score (nSPS) is 13.3. The van der Waals surface area contributed by atoms with Crippen LogP contribution in [0, 0.1) is 10.1 Å². The molecule has 3 rings (SSSR count). The number of fused-ring (bicyclic) bond motifs is 1. The third-order valence-corrected chi connectivity index (χ3v) is 3.48. The van der Waals surface area contributed by atoms with E-state index in [1.54, 1.807) is 12.1 Å². The average Bonchev–Trinajstić information content (AvgIpc) is 2.59. The number of rotatable bonds is 4. The monoisotopic (exact) mass is 327 g/mol. The first-order valence-corrected chi connectivity index (χ1v) is 7.08. The van der Waals surface area contributed by atoms with E-state index in [1.807, 2.05) is 0 Å². The zero-order valence-electron chi connectivity index (χ0n) is 12.5. The molecule has 2 aromatic carbocycles. The van der Waals surface area contributed by atoms with Crippen LogP contribution >= 0.6 is 0 Å². The predicted octanol–water partition coefficient (Wildman–Crippen LogP) is 3.06. The van der Waals surface area contributed by atoms with E-state index in [2.05, 4.69) is 0 Å². The van der Waals surface area contributed by atoms with Crippen LogP contribution in [0.4, 0.5) is 5.69 Å². The zero-order valence-corrected chi connectivity index (χ0v) is 12.5. The maximum atomic E-state index is 12.2. The van der Waals surface area contributed by atoms with Crippen molar-refractivity contribution in [3.8, 4) is 11.5 Å². The van der Waals surface area contributed by atoms with Gasteiger partial charge in [0.15, 0.2) is 12.6 Å². The van der Waals surface area contributed by atoms with Gasteiger partial charge in [0, 0.05) is 28.8 Å². The molecule has 1 heterocycles. The molecule has 0 spiro atoms. The molecule has 0 saturated carbocycles. The summed E-state index contributed by atoms with van der Waals surface area (Å²) in [4.78, 5) is 22.7. The van der Waals surface area contributed by atoms with Crippen LogP contribution in [0.25, 0.3) is 6.08 Å². The number of allylic oxidation sites excluding steroid dienone is 1. The molecule has 0 atom stereocenters. The molecule has 0 unspecified atom stereocenters. The number of aromatic hydroxyl groups is 1. The predicted molar refractivity (Wildman–Crippen MR) is 84.9 cm³/mol. The molecule has 122 valence electrons. The van der Waals surface area contributed by atoms with E-state index in [-0.39, 0.29) is 30.6 Å². The zero-order chi connectivity index (χ0) is 17.1. The Balaban J connectivity index is 1.95. The average molecular weight is 327 g/mol. The molecule has 0 saturated heterocycles. The number of carbonyl (C=O) groups excluding carboxylic acids is 1. The summed E-state index contributed by atoms with van der Waals surface area (Å²) < 4.78 is 10.5. The van der Waals surface area contributed by atoms with Crippen molar-refractivity contribution in [1.82, 2.24) is 0 Å². The van der Waals surface area contributed by atoms with Gasteiger partial charge in [-0.3, -0.25) is 14.9 Å². The first-order chi connectivity index (χ1) is 11.5. The van der Waals surface area contributed by atoms with Crippen LogP contribution in [-0.2, 0) is 11.3 Å². The molecule has 0 fully saturated rings. The second-order valence-electron chi connectivity index (χ2n) is 5.14. The number of phenolic OH excluding ortho intramolecular Hbond substituents is 1. The quantitative estimate of drug-likeness (QED) is 0.401. The minimum atomic E-state index is -0.511. The van der Waals surface area contributed by atoms with Crippen molar-refractivity contribution in [2.75, 3.05) is 6.79 Å². The summed E-state index contributed by atoms with van der Waals surface area (Å²) in [6.45, 7) is 0.254. The number of nitrogens with zero attached hydrogens (tertiary/aromatic N) is 1. The largest absolute Gasteiger partial charge is 0.508 e. The minimum absolute atomic E-state index is 0.0116. The van der Waals surface area contributed by atoms with Gasteiger partial charge in [0.1, 0.15) is 11.5 Å². The highest BCUT2D eigenvalue weighted by Gasteiger charge is 2.19. The molecular weight excluding hydrogens is 314 g/mol. The van der Waals surface area contributed by atoms with Gasteiger partial charge in [-0.1, -0.05) is 12.1 Å². The third kappa shape index (κ3) is 3.26. The van der Waals surface area contributed by atoms with Crippen LogP contribution < -0.4 is 4.74 Å². The second-order valence-corrected chi connectivity index (χ2v) is 5.14. The van der Waals surface area contributed by atoms with Crippen LogP contribution in [0.3, 0.4) is 0 Å². The topological polar surface area (TPSA) is 98.9 Å². The number of benzene rings is 2. The summed E-state index contributed by atoms with van der Waals surface area (Å²) in [6, 6.07) is 8.68. The van der Waals surface area contributed by atoms with Gasteiger partial charge < -0.3 is 14.6 Å². The Morgan fingerprint density at radius 2 is 2.12 bits per heavy atom. The van der Waals surface area contributed by atoms with E-state index in [1.165, 1.54) is 36.4 Å². The van der Waals surface area contributed by atoms with E-state index in [4.69, 9.17) is 9.47 Å². The van der Waals surface area contributed by atoms with Crippen molar-refractivity contribution in [3.05, 3.63) is 69.3 Å². The van der Waals surface area contributed by atoms with Crippen molar-refractivity contribution in [2.24, 2.45) is 0 Å². The van der Waals surface area contributed by atoms with Gasteiger partial charge in [0.2, 0.25) is 0 Å². The second kappa shape index (κ2) is 6.51. The van der Waals surface area contributed by atoms with Crippen molar-refractivity contribution in [3.63, 3.8) is 0 Å². The van der Waals surface area contributed by atoms with E-state index >= 15 is 0 Å². The summed E-state index contributed by atoms with van der Waals surface area (Å²) in [5, 5.41) is 20.5. The summed E-state index contributed by atoms with van der Waals surface area (Å²) in [7, 11) is 0. The van der Waals surface area contributed by atoms with E-state index in [0.29, 0.717) is 22.4 Å². The van der Waals surface area contributed by atoms with Crippen LogP contribution in [0.2, 0.25) is 0 Å². The molecule has 0 aromatic heterocycles. The van der Waals surface area contributed by atoms with E-state index < -0.39 is 4.92 Å².